The third-order valence-electron chi connectivity index (χ3n) is 4.87. The number of benzene rings is 2. The normalized spacial score (nSPS) is 23.2. The number of hydrogen-bond donors (Lipinski definition) is 2. The molecule has 134 valence electrons. The van der Waals surface area contributed by atoms with Crippen LogP contribution in [-0.4, -0.2) is 34.9 Å². The molecule has 5 nitrogen and oxygen atoms in total. The number of carbonyl (C=O) groups excluding carboxylic acids is 1. The number of carbonyl (C=O) groups is 1. The zero-order valence-corrected chi connectivity index (χ0v) is 14.0. The van der Waals surface area contributed by atoms with E-state index in [9.17, 15) is 9.18 Å². The zero-order chi connectivity index (χ0) is 18.3. The number of aromatic nitrogens is 2. The summed E-state index contributed by atoms with van der Waals surface area (Å²) in [4.78, 5) is 11.5. The van der Waals surface area contributed by atoms with Gasteiger partial charge in [-0.05, 0) is 36.7 Å². The van der Waals surface area contributed by atoms with Crippen LogP contribution in [0.4, 0.5) is 8.78 Å². The molecule has 2 aromatic carbocycles. The molecule has 4 rings (SSSR count). The molecule has 0 spiro atoms. The van der Waals surface area contributed by atoms with E-state index < -0.39 is 17.7 Å². The van der Waals surface area contributed by atoms with Crippen molar-refractivity contribution >= 4 is 16.8 Å². The summed E-state index contributed by atoms with van der Waals surface area (Å²) in [6.45, 7) is 0.439. The van der Waals surface area contributed by atoms with Crippen LogP contribution in [0.15, 0.2) is 48.7 Å². The smallest absolute Gasteiger partial charge is 0.250 e. The maximum Gasteiger partial charge on any atom is 0.250 e. The van der Waals surface area contributed by atoms with Gasteiger partial charge in [0.2, 0.25) is 0 Å². The van der Waals surface area contributed by atoms with Crippen LogP contribution in [0.25, 0.3) is 16.6 Å². The number of alkyl halides is 2. The Hall–Kier alpha value is -2.80. The van der Waals surface area contributed by atoms with E-state index in [0.29, 0.717) is 28.9 Å². The van der Waals surface area contributed by atoms with Crippen molar-refractivity contribution in [3.8, 4) is 5.69 Å². The summed E-state index contributed by atoms with van der Waals surface area (Å²) < 4.78 is 30.8. The molecule has 2 heterocycles. The van der Waals surface area contributed by atoms with Gasteiger partial charge in [-0.15, -0.1) is 0 Å². The Bertz CT molecular complexity index is 969. The molecule has 1 fully saturated rings. The predicted molar refractivity (Wildman–Crippen MR) is 94.8 cm³/mol. The number of nitrogens with zero attached hydrogens (tertiary/aromatic N) is 2. The van der Waals surface area contributed by atoms with Gasteiger partial charge in [-0.3, -0.25) is 4.79 Å². The molecule has 1 saturated heterocycles. The van der Waals surface area contributed by atoms with Crippen LogP contribution >= 0.6 is 0 Å². The maximum atomic E-state index is 15.0. The fourth-order valence-corrected chi connectivity index (χ4v) is 3.39. The Morgan fingerprint density at radius 1 is 1.27 bits per heavy atom. The summed E-state index contributed by atoms with van der Waals surface area (Å²) in [5.41, 5.74) is 5.20. The fraction of sp³-hybridized carbons (Fsp3) is 0.263. The van der Waals surface area contributed by atoms with Crippen LogP contribution in [0, 0.1) is 0 Å². The van der Waals surface area contributed by atoms with Crippen LogP contribution in [0.3, 0.4) is 0 Å². The highest BCUT2D eigenvalue weighted by molar-refractivity contribution is 6.04. The third kappa shape index (κ3) is 2.64. The lowest BCUT2D eigenvalue weighted by Crippen LogP contribution is -2.48. The van der Waals surface area contributed by atoms with Gasteiger partial charge >= 0.3 is 0 Å². The van der Waals surface area contributed by atoms with Gasteiger partial charge in [0.15, 0.2) is 5.67 Å². The Morgan fingerprint density at radius 2 is 2.04 bits per heavy atom. The average molecular weight is 356 g/mol. The van der Waals surface area contributed by atoms with Gasteiger partial charge in [-0.2, -0.15) is 5.10 Å². The molecule has 7 heteroatoms. The minimum absolute atomic E-state index is 0.0405. The van der Waals surface area contributed by atoms with Crippen molar-refractivity contribution in [1.82, 2.24) is 15.1 Å². The third-order valence-corrected chi connectivity index (χ3v) is 4.87. The predicted octanol–water partition coefficient (Wildman–Crippen LogP) is 2.62. The molecule has 2 atom stereocenters. The largest absolute Gasteiger partial charge is 0.366 e. The first-order chi connectivity index (χ1) is 12.5. The van der Waals surface area contributed by atoms with Crippen LogP contribution in [0.2, 0.25) is 0 Å². The van der Waals surface area contributed by atoms with E-state index in [1.807, 2.05) is 6.07 Å². The summed E-state index contributed by atoms with van der Waals surface area (Å²) >= 11 is 0. The maximum absolute atomic E-state index is 15.0. The highest BCUT2D eigenvalue weighted by Crippen LogP contribution is 2.35. The van der Waals surface area contributed by atoms with Crippen LogP contribution in [-0.2, 0) is 5.67 Å². The molecule has 1 aliphatic rings. The van der Waals surface area contributed by atoms with Crippen molar-refractivity contribution < 1.29 is 13.6 Å². The summed E-state index contributed by atoms with van der Waals surface area (Å²) in [5, 5.41) is 8.09. The van der Waals surface area contributed by atoms with Gasteiger partial charge in [-0.1, -0.05) is 24.3 Å². The van der Waals surface area contributed by atoms with Gasteiger partial charge in [-0.25, -0.2) is 13.5 Å². The highest BCUT2D eigenvalue weighted by atomic mass is 19.2. The van der Waals surface area contributed by atoms with Gasteiger partial charge in [0.1, 0.15) is 11.7 Å². The average Bonchev–Trinajstić information content (AvgIpc) is 3.08. The van der Waals surface area contributed by atoms with Crippen molar-refractivity contribution in [2.75, 3.05) is 13.1 Å². The lowest BCUT2D eigenvalue weighted by Gasteiger charge is -2.33. The van der Waals surface area contributed by atoms with Crippen LogP contribution in [0.1, 0.15) is 22.3 Å². The Kier molecular flexibility index (Phi) is 3.96. The molecule has 3 N–H and O–H groups in total. The number of nitrogens with two attached hydrogens (primary N) is 1. The van der Waals surface area contributed by atoms with E-state index in [-0.39, 0.29) is 13.0 Å². The lowest BCUT2D eigenvalue weighted by molar-refractivity contribution is 0.0214. The quantitative estimate of drug-likeness (QED) is 0.758. The summed E-state index contributed by atoms with van der Waals surface area (Å²) in [5.74, 6) is -0.547. The van der Waals surface area contributed by atoms with Crippen molar-refractivity contribution in [2.24, 2.45) is 5.73 Å². The van der Waals surface area contributed by atoms with Gasteiger partial charge < -0.3 is 11.1 Å². The first kappa shape index (κ1) is 16.7. The summed E-state index contributed by atoms with van der Waals surface area (Å²) in [7, 11) is 0. The topological polar surface area (TPSA) is 72.9 Å². The van der Waals surface area contributed by atoms with Gasteiger partial charge in [0.05, 0.1) is 11.3 Å². The first-order valence-electron chi connectivity index (χ1n) is 8.42. The molecule has 3 aromatic rings. The van der Waals surface area contributed by atoms with E-state index in [1.165, 1.54) is 0 Å². The Labute approximate surface area is 148 Å². The number of amides is 1. The second-order valence-corrected chi connectivity index (χ2v) is 6.52. The number of halogens is 2. The second-order valence-electron chi connectivity index (χ2n) is 6.52. The molecule has 0 radical (unpaired) electrons. The first-order valence-corrected chi connectivity index (χ1v) is 8.42. The number of fused-ring (bicyclic) bond motifs is 1. The minimum atomic E-state index is -2.02. The van der Waals surface area contributed by atoms with E-state index >= 15 is 4.39 Å². The molecule has 0 saturated carbocycles. The molecular formula is C19H18F2N4O. The molecule has 1 aromatic heterocycles. The van der Waals surface area contributed by atoms with Crippen molar-refractivity contribution in [1.29, 1.82) is 0 Å². The number of rotatable bonds is 3. The summed E-state index contributed by atoms with van der Waals surface area (Å²) in [6, 6.07) is 11.7. The van der Waals surface area contributed by atoms with E-state index in [1.54, 1.807) is 47.3 Å². The number of primary amides is 1. The fourth-order valence-electron chi connectivity index (χ4n) is 3.39. The summed E-state index contributed by atoms with van der Waals surface area (Å²) in [6.07, 6.45) is 0.390. The monoisotopic (exact) mass is 356 g/mol. The van der Waals surface area contributed by atoms with E-state index in [4.69, 9.17) is 5.73 Å². The molecular weight excluding hydrogens is 338 g/mol. The van der Waals surface area contributed by atoms with Crippen molar-refractivity contribution in [3.05, 3.63) is 59.8 Å². The standard InChI is InChI=1S/C19H18F2N4O/c20-16-8-9-23-11-19(16,21)13-4-6-14(7-5-13)25-10-12-2-1-3-15(18(22)26)17(12)24-25/h1-7,10,16,23H,8-9,11H2,(H2,22,26)/t16-,19+/m0/s1. The van der Waals surface area contributed by atoms with Gasteiger partial charge in [0.25, 0.3) is 5.91 Å². The Balaban J connectivity index is 1.70. The van der Waals surface area contributed by atoms with Crippen molar-refractivity contribution in [3.63, 3.8) is 0 Å². The molecule has 0 bridgehead atoms. The lowest BCUT2D eigenvalue weighted by atomic mass is 9.86. The second kappa shape index (κ2) is 6.17. The van der Waals surface area contributed by atoms with E-state index in [2.05, 4.69) is 10.4 Å². The Morgan fingerprint density at radius 3 is 2.73 bits per heavy atom. The molecule has 1 aliphatic heterocycles. The molecule has 26 heavy (non-hydrogen) atoms. The highest BCUT2D eigenvalue weighted by Gasteiger charge is 2.43. The SMILES string of the molecule is NC(=O)c1cccc2cn(-c3ccc([C@]4(F)CNCC[C@@H]4F)cc3)nc12. The van der Waals surface area contributed by atoms with Crippen LogP contribution in [0.5, 0.6) is 0 Å². The molecule has 0 unspecified atom stereocenters. The number of hydrogen-bond acceptors (Lipinski definition) is 3. The van der Waals surface area contributed by atoms with E-state index in [0.717, 1.165) is 5.39 Å². The minimum Gasteiger partial charge on any atom is -0.366 e. The number of piperidine rings is 1. The van der Waals surface area contributed by atoms with Crippen LogP contribution < -0.4 is 11.1 Å². The number of nitrogens with one attached hydrogen (secondary N) is 1. The zero-order valence-electron chi connectivity index (χ0n) is 14.0. The van der Waals surface area contributed by atoms with Gasteiger partial charge in [0, 0.05) is 18.1 Å². The molecule has 0 aliphatic carbocycles. The van der Waals surface area contributed by atoms with Crippen molar-refractivity contribution in [2.45, 2.75) is 18.3 Å². The molecule has 1 amide bonds.